The van der Waals surface area contributed by atoms with E-state index in [0.29, 0.717) is 11.2 Å². The van der Waals surface area contributed by atoms with Gasteiger partial charge in [-0.25, -0.2) is 4.98 Å². The lowest BCUT2D eigenvalue weighted by Crippen LogP contribution is -2.46. The number of nitrogens with zero attached hydrogens (tertiary/aromatic N) is 5. The van der Waals surface area contributed by atoms with Crippen LogP contribution in [0.2, 0.25) is 5.02 Å². The minimum absolute atomic E-state index is 0.605. The third-order valence-electron chi connectivity index (χ3n) is 6.80. The molecule has 0 bridgehead atoms. The van der Waals surface area contributed by atoms with Crippen LogP contribution in [0.4, 0.5) is 5.82 Å². The molecular formula is C29H24ClN5. The van der Waals surface area contributed by atoms with E-state index in [0.717, 1.165) is 71.3 Å². The van der Waals surface area contributed by atoms with Crippen molar-refractivity contribution < 1.29 is 0 Å². The Bertz CT molecular complexity index is 1560. The third kappa shape index (κ3) is 3.91. The van der Waals surface area contributed by atoms with Crippen LogP contribution >= 0.6 is 11.6 Å². The molecule has 6 heteroatoms. The molecule has 1 aliphatic rings. The molecule has 6 rings (SSSR count). The standard InChI is InChI=1S/C29H24ClN5/c30-25-11-5-4-10-22(25)20-33-14-16-34(17-15-33)28-18-23(21-8-2-1-3-9-21)24(19-31)29-32-26-12-6-7-13-27(26)35(28)29/h1-13,18H,14-17,20H2. The number of pyridine rings is 1. The predicted octanol–water partition coefficient (Wildman–Crippen LogP) is 6.00. The number of para-hydroxylation sites is 2. The summed E-state index contributed by atoms with van der Waals surface area (Å²) in [5.74, 6) is 1.07. The van der Waals surface area contributed by atoms with Crippen molar-refractivity contribution >= 4 is 34.1 Å². The van der Waals surface area contributed by atoms with Crippen molar-refractivity contribution in [3.05, 3.63) is 101 Å². The zero-order valence-electron chi connectivity index (χ0n) is 19.2. The number of hydrogen-bond acceptors (Lipinski definition) is 4. The van der Waals surface area contributed by atoms with Crippen molar-refractivity contribution in [1.82, 2.24) is 14.3 Å². The van der Waals surface area contributed by atoms with Crippen LogP contribution in [-0.4, -0.2) is 40.5 Å². The number of aromatic nitrogens is 2. The fourth-order valence-corrected chi connectivity index (χ4v) is 5.20. The van der Waals surface area contributed by atoms with Gasteiger partial charge < -0.3 is 4.90 Å². The van der Waals surface area contributed by atoms with E-state index < -0.39 is 0 Å². The molecule has 0 N–H and O–H groups in total. The van der Waals surface area contributed by atoms with Gasteiger partial charge in [-0.3, -0.25) is 9.30 Å². The highest BCUT2D eigenvalue weighted by molar-refractivity contribution is 6.31. The van der Waals surface area contributed by atoms with Crippen LogP contribution < -0.4 is 4.90 Å². The van der Waals surface area contributed by atoms with Crippen LogP contribution in [0.15, 0.2) is 84.9 Å². The summed E-state index contributed by atoms with van der Waals surface area (Å²) in [4.78, 5) is 9.76. The van der Waals surface area contributed by atoms with Crippen molar-refractivity contribution in [2.24, 2.45) is 0 Å². The Balaban J connectivity index is 1.42. The summed E-state index contributed by atoms with van der Waals surface area (Å²) < 4.78 is 2.16. The molecule has 3 aromatic carbocycles. The molecule has 1 saturated heterocycles. The molecule has 2 aromatic heterocycles. The van der Waals surface area contributed by atoms with Gasteiger partial charge in [0.05, 0.1) is 11.0 Å². The van der Waals surface area contributed by atoms with Crippen molar-refractivity contribution in [3.63, 3.8) is 0 Å². The molecule has 0 amide bonds. The van der Waals surface area contributed by atoms with Crippen LogP contribution in [0.25, 0.3) is 27.8 Å². The fourth-order valence-electron chi connectivity index (χ4n) is 5.00. The van der Waals surface area contributed by atoms with Gasteiger partial charge in [-0.05, 0) is 35.4 Å². The lowest BCUT2D eigenvalue weighted by Gasteiger charge is -2.36. The maximum absolute atomic E-state index is 10.2. The topological polar surface area (TPSA) is 47.6 Å². The molecule has 172 valence electrons. The molecule has 5 nitrogen and oxygen atoms in total. The Morgan fingerprint density at radius 3 is 2.34 bits per heavy atom. The van der Waals surface area contributed by atoms with E-state index in [1.54, 1.807) is 0 Å². The molecule has 1 aliphatic heterocycles. The Morgan fingerprint density at radius 1 is 0.857 bits per heavy atom. The summed E-state index contributed by atoms with van der Waals surface area (Å²) in [6.07, 6.45) is 0. The van der Waals surface area contributed by atoms with Gasteiger partial charge in [0.1, 0.15) is 17.5 Å². The van der Waals surface area contributed by atoms with Crippen LogP contribution in [-0.2, 0) is 6.54 Å². The highest BCUT2D eigenvalue weighted by Gasteiger charge is 2.24. The molecule has 3 heterocycles. The Morgan fingerprint density at radius 2 is 1.57 bits per heavy atom. The molecule has 0 radical (unpaired) electrons. The van der Waals surface area contributed by atoms with Crippen molar-refractivity contribution in [3.8, 4) is 17.2 Å². The summed E-state index contributed by atoms with van der Waals surface area (Å²) in [6.45, 7) is 4.47. The number of fused-ring (bicyclic) bond motifs is 3. The average Bonchev–Trinajstić information content (AvgIpc) is 3.30. The molecule has 0 spiro atoms. The first kappa shape index (κ1) is 21.7. The zero-order valence-corrected chi connectivity index (χ0v) is 20.0. The van der Waals surface area contributed by atoms with E-state index >= 15 is 0 Å². The van der Waals surface area contributed by atoms with Gasteiger partial charge in [0.25, 0.3) is 0 Å². The van der Waals surface area contributed by atoms with E-state index in [9.17, 15) is 5.26 Å². The Labute approximate surface area is 209 Å². The summed E-state index contributed by atoms with van der Waals surface area (Å²) in [5.41, 5.74) is 6.34. The maximum atomic E-state index is 10.2. The number of imidazole rings is 1. The normalized spacial score (nSPS) is 14.5. The molecule has 1 fully saturated rings. The van der Waals surface area contributed by atoms with Crippen LogP contribution in [0.1, 0.15) is 11.1 Å². The van der Waals surface area contributed by atoms with Crippen molar-refractivity contribution in [2.45, 2.75) is 6.54 Å². The van der Waals surface area contributed by atoms with Crippen molar-refractivity contribution in [1.29, 1.82) is 5.26 Å². The number of piperazine rings is 1. The Hall–Kier alpha value is -3.85. The van der Waals surface area contributed by atoms with Crippen LogP contribution in [0, 0.1) is 11.3 Å². The lowest BCUT2D eigenvalue weighted by molar-refractivity contribution is 0.249. The van der Waals surface area contributed by atoms with Gasteiger partial charge >= 0.3 is 0 Å². The first-order valence-electron chi connectivity index (χ1n) is 11.8. The second-order valence-corrected chi connectivity index (χ2v) is 9.29. The third-order valence-corrected chi connectivity index (χ3v) is 7.17. The first-order chi connectivity index (χ1) is 17.2. The molecule has 0 unspecified atom stereocenters. The minimum Gasteiger partial charge on any atom is -0.355 e. The number of anilines is 1. The van der Waals surface area contributed by atoms with E-state index in [2.05, 4.69) is 50.6 Å². The SMILES string of the molecule is N#Cc1c(-c2ccccc2)cc(N2CCN(Cc3ccccc3Cl)CC2)n2c1nc1ccccc12. The quantitative estimate of drug-likeness (QED) is 0.318. The lowest BCUT2D eigenvalue weighted by atomic mass is 10.0. The van der Waals surface area contributed by atoms with E-state index in [1.165, 1.54) is 0 Å². The minimum atomic E-state index is 0.605. The largest absolute Gasteiger partial charge is 0.355 e. The summed E-state index contributed by atoms with van der Waals surface area (Å²) in [5, 5.41) is 11.0. The average molecular weight is 478 g/mol. The summed E-state index contributed by atoms with van der Waals surface area (Å²) >= 11 is 6.41. The summed E-state index contributed by atoms with van der Waals surface area (Å²) in [6, 6.07) is 30.9. The van der Waals surface area contributed by atoms with E-state index in [-0.39, 0.29) is 0 Å². The van der Waals surface area contributed by atoms with Gasteiger partial charge in [0, 0.05) is 43.3 Å². The van der Waals surface area contributed by atoms with Gasteiger partial charge in [-0.2, -0.15) is 5.26 Å². The molecular weight excluding hydrogens is 454 g/mol. The number of hydrogen-bond donors (Lipinski definition) is 0. The second kappa shape index (κ2) is 9.07. The fraction of sp³-hybridized carbons (Fsp3) is 0.172. The van der Waals surface area contributed by atoms with Crippen LogP contribution in [0.5, 0.6) is 0 Å². The first-order valence-corrected chi connectivity index (χ1v) is 12.2. The number of benzene rings is 3. The monoisotopic (exact) mass is 477 g/mol. The van der Waals surface area contributed by atoms with Gasteiger partial charge in [0.15, 0.2) is 5.65 Å². The molecule has 0 saturated carbocycles. The van der Waals surface area contributed by atoms with Crippen molar-refractivity contribution in [2.75, 3.05) is 31.1 Å². The number of rotatable bonds is 4. The number of nitriles is 1. The molecule has 0 atom stereocenters. The highest BCUT2D eigenvalue weighted by Crippen LogP contribution is 2.34. The van der Waals surface area contributed by atoms with Crippen LogP contribution in [0.3, 0.4) is 0 Å². The number of halogens is 1. The summed E-state index contributed by atoms with van der Waals surface area (Å²) in [7, 11) is 0. The molecule has 0 aliphatic carbocycles. The molecule has 5 aromatic rings. The van der Waals surface area contributed by atoms with Gasteiger partial charge in [-0.1, -0.05) is 72.3 Å². The van der Waals surface area contributed by atoms with E-state index in [4.69, 9.17) is 16.6 Å². The van der Waals surface area contributed by atoms with E-state index in [1.807, 2.05) is 54.6 Å². The predicted molar refractivity (Wildman–Crippen MR) is 142 cm³/mol. The zero-order chi connectivity index (χ0) is 23.8. The highest BCUT2D eigenvalue weighted by atomic mass is 35.5. The second-order valence-electron chi connectivity index (χ2n) is 8.88. The van der Waals surface area contributed by atoms with Gasteiger partial charge in [0.2, 0.25) is 0 Å². The maximum Gasteiger partial charge on any atom is 0.158 e. The smallest absolute Gasteiger partial charge is 0.158 e. The Kier molecular flexibility index (Phi) is 5.61. The van der Waals surface area contributed by atoms with Gasteiger partial charge in [-0.15, -0.1) is 0 Å². The molecule has 35 heavy (non-hydrogen) atoms.